The first-order chi connectivity index (χ1) is 10.2. The van der Waals surface area contributed by atoms with Crippen molar-refractivity contribution >= 4 is 11.7 Å². The molecular weight excluding hydrogens is 270 g/mol. The lowest BCUT2D eigenvalue weighted by Gasteiger charge is -2.35. The van der Waals surface area contributed by atoms with Crippen LogP contribution < -0.4 is 10.2 Å². The number of anilines is 1. The van der Waals surface area contributed by atoms with Gasteiger partial charge in [0.05, 0.1) is 6.61 Å². The molecule has 0 aliphatic carbocycles. The molecule has 0 radical (unpaired) electrons. The number of rotatable bonds is 6. The average Bonchev–Trinajstić information content (AvgIpc) is 2.55. The van der Waals surface area contributed by atoms with Gasteiger partial charge in [0.25, 0.3) is 5.91 Å². The molecule has 0 bridgehead atoms. The van der Waals surface area contributed by atoms with E-state index in [1.165, 1.54) is 0 Å². The van der Waals surface area contributed by atoms with E-state index >= 15 is 0 Å². The summed E-state index contributed by atoms with van der Waals surface area (Å²) in [5.74, 6) is 0.613. The summed E-state index contributed by atoms with van der Waals surface area (Å²) in [6.07, 6.45) is 0. The maximum atomic E-state index is 11.4. The van der Waals surface area contributed by atoms with Crippen molar-refractivity contribution < 1.29 is 9.53 Å². The highest BCUT2D eigenvalue weighted by Crippen LogP contribution is 2.12. The Balaban J connectivity index is 1.83. The third kappa shape index (κ3) is 4.37. The summed E-state index contributed by atoms with van der Waals surface area (Å²) in [5, 5.41) is 10.6. The first-order valence-electron chi connectivity index (χ1n) is 7.35. The first kappa shape index (κ1) is 15.7. The van der Waals surface area contributed by atoms with E-state index in [2.05, 4.69) is 25.3 Å². The minimum absolute atomic E-state index is 0.213. The molecule has 1 saturated heterocycles. The van der Waals surface area contributed by atoms with Gasteiger partial charge in [-0.15, -0.1) is 10.2 Å². The zero-order valence-electron chi connectivity index (χ0n) is 12.7. The molecule has 116 valence electrons. The molecule has 1 aliphatic heterocycles. The van der Waals surface area contributed by atoms with Crippen molar-refractivity contribution in [2.24, 2.45) is 0 Å². The average molecular weight is 293 g/mol. The molecule has 1 aliphatic rings. The van der Waals surface area contributed by atoms with Gasteiger partial charge in [0.1, 0.15) is 0 Å². The summed E-state index contributed by atoms with van der Waals surface area (Å²) < 4.78 is 5.38. The molecule has 7 heteroatoms. The molecule has 1 N–H and O–H groups in total. The highest BCUT2D eigenvalue weighted by molar-refractivity contribution is 5.91. The Morgan fingerprint density at radius 1 is 1.29 bits per heavy atom. The van der Waals surface area contributed by atoms with E-state index < -0.39 is 0 Å². The van der Waals surface area contributed by atoms with Gasteiger partial charge in [0.15, 0.2) is 11.5 Å². The minimum atomic E-state index is -0.213. The van der Waals surface area contributed by atoms with Crippen molar-refractivity contribution in [2.75, 3.05) is 57.9 Å². The zero-order chi connectivity index (χ0) is 15.1. The van der Waals surface area contributed by atoms with E-state index in [0.29, 0.717) is 5.69 Å². The lowest BCUT2D eigenvalue weighted by atomic mass is 10.3. The highest BCUT2D eigenvalue weighted by atomic mass is 16.5. The molecule has 1 aromatic heterocycles. The predicted octanol–water partition coefficient (Wildman–Crippen LogP) is -0.00530. The van der Waals surface area contributed by atoms with E-state index in [0.717, 1.165) is 51.8 Å². The van der Waals surface area contributed by atoms with Gasteiger partial charge in [-0.05, 0) is 19.1 Å². The van der Waals surface area contributed by atoms with Gasteiger partial charge < -0.3 is 15.0 Å². The number of aromatic nitrogens is 2. The second kappa shape index (κ2) is 7.90. The largest absolute Gasteiger partial charge is 0.380 e. The Bertz CT molecular complexity index is 443. The third-order valence-electron chi connectivity index (χ3n) is 3.56. The van der Waals surface area contributed by atoms with Gasteiger partial charge in [-0.2, -0.15) is 0 Å². The van der Waals surface area contributed by atoms with Gasteiger partial charge in [-0.3, -0.25) is 9.69 Å². The quantitative estimate of drug-likeness (QED) is 0.744. The maximum absolute atomic E-state index is 11.4. The fraction of sp³-hybridized carbons (Fsp3) is 0.643. The van der Waals surface area contributed by atoms with Crippen LogP contribution in [0.3, 0.4) is 0 Å². The van der Waals surface area contributed by atoms with Crippen molar-refractivity contribution in [3.63, 3.8) is 0 Å². The van der Waals surface area contributed by atoms with Crippen LogP contribution in [0.4, 0.5) is 5.82 Å². The number of hydrogen-bond donors (Lipinski definition) is 1. The van der Waals surface area contributed by atoms with Crippen molar-refractivity contribution in [2.45, 2.75) is 6.92 Å². The van der Waals surface area contributed by atoms with E-state index in [1.807, 2.05) is 13.0 Å². The van der Waals surface area contributed by atoms with Crippen LogP contribution in [0.2, 0.25) is 0 Å². The number of carbonyl (C=O) groups is 1. The summed E-state index contributed by atoms with van der Waals surface area (Å²) in [5.41, 5.74) is 0.344. The summed E-state index contributed by atoms with van der Waals surface area (Å²) in [7, 11) is 1.58. The lowest BCUT2D eigenvalue weighted by molar-refractivity contribution is 0.0957. The molecule has 1 amide bonds. The first-order valence-corrected chi connectivity index (χ1v) is 7.35. The van der Waals surface area contributed by atoms with Gasteiger partial charge in [-0.1, -0.05) is 0 Å². The molecule has 0 atom stereocenters. The van der Waals surface area contributed by atoms with Crippen LogP contribution in [-0.4, -0.2) is 74.0 Å². The fourth-order valence-electron chi connectivity index (χ4n) is 2.28. The standard InChI is InChI=1S/C14H23N5O2/c1-3-21-11-10-18-6-8-19(9-7-18)13-5-4-12(16-17-13)14(20)15-2/h4-5H,3,6-11H2,1-2H3,(H,15,20). The highest BCUT2D eigenvalue weighted by Gasteiger charge is 2.18. The Kier molecular flexibility index (Phi) is 5.89. The van der Waals surface area contributed by atoms with Gasteiger partial charge in [0.2, 0.25) is 0 Å². The monoisotopic (exact) mass is 293 g/mol. The molecule has 0 saturated carbocycles. The number of nitrogens with one attached hydrogen (secondary N) is 1. The van der Waals surface area contributed by atoms with Crippen molar-refractivity contribution in [1.29, 1.82) is 0 Å². The van der Waals surface area contributed by atoms with E-state index in [-0.39, 0.29) is 5.91 Å². The Hall–Kier alpha value is -1.73. The van der Waals surface area contributed by atoms with Crippen molar-refractivity contribution in [1.82, 2.24) is 20.4 Å². The number of hydrogen-bond acceptors (Lipinski definition) is 6. The molecule has 1 fully saturated rings. The summed E-state index contributed by atoms with van der Waals surface area (Å²) in [4.78, 5) is 16.0. The van der Waals surface area contributed by atoms with E-state index in [9.17, 15) is 4.79 Å². The second-order valence-electron chi connectivity index (χ2n) is 4.88. The van der Waals surface area contributed by atoms with Gasteiger partial charge in [-0.25, -0.2) is 0 Å². The summed E-state index contributed by atoms with van der Waals surface area (Å²) >= 11 is 0. The predicted molar refractivity (Wildman–Crippen MR) is 80.6 cm³/mol. The third-order valence-corrected chi connectivity index (χ3v) is 3.56. The van der Waals surface area contributed by atoms with Crippen LogP contribution in [0.25, 0.3) is 0 Å². The normalized spacial score (nSPS) is 16.0. The van der Waals surface area contributed by atoms with Crippen LogP contribution >= 0.6 is 0 Å². The minimum Gasteiger partial charge on any atom is -0.380 e. The number of amides is 1. The molecule has 0 spiro atoms. The molecule has 0 aromatic carbocycles. The van der Waals surface area contributed by atoms with Gasteiger partial charge >= 0.3 is 0 Å². The van der Waals surface area contributed by atoms with Crippen LogP contribution in [0.1, 0.15) is 17.4 Å². The number of piperazine rings is 1. The van der Waals surface area contributed by atoms with E-state index in [4.69, 9.17) is 4.74 Å². The van der Waals surface area contributed by atoms with Crippen LogP contribution in [-0.2, 0) is 4.74 Å². The van der Waals surface area contributed by atoms with E-state index in [1.54, 1.807) is 13.1 Å². The molecule has 0 unspecified atom stereocenters. The molecular formula is C14H23N5O2. The number of carbonyl (C=O) groups excluding carboxylic acids is 1. The maximum Gasteiger partial charge on any atom is 0.271 e. The molecule has 7 nitrogen and oxygen atoms in total. The van der Waals surface area contributed by atoms with Crippen LogP contribution in [0.15, 0.2) is 12.1 Å². The lowest BCUT2D eigenvalue weighted by Crippen LogP contribution is -2.47. The molecule has 1 aromatic rings. The smallest absolute Gasteiger partial charge is 0.271 e. The van der Waals surface area contributed by atoms with Crippen molar-refractivity contribution in [3.8, 4) is 0 Å². The topological polar surface area (TPSA) is 70.6 Å². The zero-order valence-corrected chi connectivity index (χ0v) is 12.7. The molecule has 21 heavy (non-hydrogen) atoms. The Morgan fingerprint density at radius 2 is 2.05 bits per heavy atom. The Morgan fingerprint density at radius 3 is 2.62 bits per heavy atom. The SMILES string of the molecule is CCOCCN1CCN(c2ccc(C(=O)NC)nn2)CC1. The number of ether oxygens (including phenoxy) is 1. The van der Waals surface area contributed by atoms with Crippen LogP contribution in [0.5, 0.6) is 0 Å². The summed E-state index contributed by atoms with van der Waals surface area (Å²) in [6, 6.07) is 3.57. The van der Waals surface area contributed by atoms with Gasteiger partial charge in [0, 0.05) is 46.4 Å². The molecule has 2 heterocycles. The fourth-order valence-corrected chi connectivity index (χ4v) is 2.28. The molecule has 2 rings (SSSR count). The van der Waals surface area contributed by atoms with Crippen LogP contribution in [0, 0.1) is 0 Å². The van der Waals surface area contributed by atoms with Crippen molar-refractivity contribution in [3.05, 3.63) is 17.8 Å². The summed E-state index contributed by atoms with van der Waals surface area (Å²) in [6.45, 7) is 8.37. The second-order valence-corrected chi connectivity index (χ2v) is 4.88. The number of nitrogens with zero attached hydrogens (tertiary/aromatic N) is 4. The Labute approximate surface area is 125 Å².